The SMILES string of the molecule is C[C@@H](O)[C@H](NC(=O)[C@@H]1CSC2(CCNC2)N1)C(N)=O. The zero-order valence-electron chi connectivity index (χ0n) is 10.8. The molecule has 0 saturated carbocycles. The first-order valence-electron chi connectivity index (χ1n) is 6.34. The lowest BCUT2D eigenvalue weighted by molar-refractivity contribution is -0.130. The first-order chi connectivity index (χ1) is 8.93. The second kappa shape index (κ2) is 5.66. The van der Waals surface area contributed by atoms with E-state index in [0.717, 1.165) is 19.5 Å². The van der Waals surface area contributed by atoms with Crippen LogP contribution in [0.5, 0.6) is 0 Å². The summed E-state index contributed by atoms with van der Waals surface area (Å²) in [6.07, 6.45) is -0.0329. The number of carbonyl (C=O) groups is 2. The van der Waals surface area contributed by atoms with Gasteiger partial charge in [-0.2, -0.15) is 0 Å². The van der Waals surface area contributed by atoms with Gasteiger partial charge in [0.05, 0.1) is 17.0 Å². The third kappa shape index (κ3) is 3.19. The molecule has 7 nitrogen and oxygen atoms in total. The summed E-state index contributed by atoms with van der Waals surface area (Å²) >= 11 is 1.72. The highest BCUT2D eigenvalue weighted by Gasteiger charge is 2.44. The first-order valence-corrected chi connectivity index (χ1v) is 7.32. The van der Waals surface area contributed by atoms with Gasteiger partial charge in [0, 0.05) is 12.3 Å². The van der Waals surface area contributed by atoms with Crippen LogP contribution in [0.15, 0.2) is 0 Å². The van der Waals surface area contributed by atoms with Gasteiger partial charge in [-0.3, -0.25) is 14.9 Å². The largest absolute Gasteiger partial charge is 0.391 e. The van der Waals surface area contributed by atoms with Crippen molar-refractivity contribution in [2.75, 3.05) is 18.8 Å². The van der Waals surface area contributed by atoms with E-state index in [1.807, 2.05) is 0 Å². The van der Waals surface area contributed by atoms with E-state index >= 15 is 0 Å². The fraction of sp³-hybridized carbons (Fsp3) is 0.818. The smallest absolute Gasteiger partial charge is 0.242 e. The minimum Gasteiger partial charge on any atom is -0.391 e. The zero-order chi connectivity index (χ0) is 14.0. The molecule has 4 atom stereocenters. The number of aliphatic hydroxyl groups is 1. The van der Waals surface area contributed by atoms with Crippen LogP contribution < -0.4 is 21.7 Å². The molecule has 1 spiro atoms. The predicted octanol–water partition coefficient (Wildman–Crippen LogP) is -2.27. The van der Waals surface area contributed by atoms with Crippen molar-refractivity contribution in [3.8, 4) is 0 Å². The molecule has 2 fully saturated rings. The van der Waals surface area contributed by atoms with Crippen LogP contribution in [0.1, 0.15) is 13.3 Å². The third-order valence-electron chi connectivity index (χ3n) is 3.48. The normalized spacial score (nSPS) is 33.3. The maximum atomic E-state index is 12.1. The maximum Gasteiger partial charge on any atom is 0.242 e. The summed E-state index contributed by atoms with van der Waals surface area (Å²) in [5.74, 6) is -0.369. The van der Waals surface area contributed by atoms with E-state index in [1.54, 1.807) is 11.8 Å². The molecule has 2 aliphatic heterocycles. The van der Waals surface area contributed by atoms with Crippen molar-refractivity contribution >= 4 is 23.6 Å². The topological polar surface area (TPSA) is 116 Å². The quantitative estimate of drug-likeness (QED) is 0.398. The Kier molecular flexibility index (Phi) is 4.34. The summed E-state index contributed by atoms with van der Waals surface area (Å²) in [6.45, 7) is 3.19. The molecule has 2 amide bonds. The highest BCUT2D eigenvalue weighted by atomic mass is 32.2. The molecule has 0 aliphatic carbocycles. The molecule has 2 heterocycles. The Morgan fingerprint density at radius 3 is 2.84 bits per heavy atom. The first kappa shape index (κ1) is 14.6. The molecule has 19 heavy (non-hydrogen) atoms. The van der Waals surface area contributed by atoms with Gasteiger partial charge in [0.1, 0.15) is 6.04 Å². The summed E-state index contributed by atoms with van der Waals surface area (Å²) in [7, 11) is 0. The molecule has 0 aromatic rings. The molecule has 2 saturated heterocycles. The van der Waals surface area contributed by atoms with Crippen molar-refractivity contribution < 1.29 is 14.7 Å². The Morgan fingerprint density at radius 1 is 1.58 bits per heavy atom. The average Bonchev–Trinajstić information content (AvgIpc) is 2.96. The van der Waals surface area contributed by atoms with Crippen LogP contribution in [0.3, 0.4) is 0 Å². The van der Waals surface area contributed by atoms with Gasteiger partial charge in [0.25, 0.3) is 0 Å². The molecule has 6 N–H and O–H groups in total. The Bertz CT molecular complexity index is 371. The van der Waals surface area contributed by atoms with Gasteiger partial charge in [-0.15, -0.1) is 11.8 Å². The molecule has 0 bridgehead atoms. The molecule has 1 unspecified atom stereocenters. The lowest BCUT2D eigenvalue weighted by atomic mass is 10.1. The van der Waals surface area contributed by atoms with E-state index in [1.165, 1.54) is 6.92 Å². The Hall–Kier alpha value is -0.830. The number of rotatable bonds is 4. The number of amides is 2. The molecule has 8 heteroatoms. The highest BCUT2D eigenvalue weighted by molar-refractivity contribution is 8.01. The highest BCUT2D eigenvalue weighted by Crippen LogP contribution is 2.35. The van der Waals surface area contributed by atoms with Crippen LogP contribution in [-0.4, -0.2) is 58.8 Å². The van der Waals surface area contributed by atoms with Gasteiger partial charge in [0.2, 0.25) is 11.8 Å². The van der Waals surface area contributed by atoms with Crippen LogP contribution in [-0.2, 0) is 9.59 Å². The number of hydrogen-bond donors (Lipinski definition) is 5. The minimum atomic E-state index is -1.04. The number of aliphatic hydroxyl groups excluding tert-OH is 1. The van der Waals surface area contributed by atoms with Crippen molar-refractivity contribution in [3.63, 3.8) is 0 Å². The summed E-state index contributed by atoms with van der Waals surface area (Å²) in [4.78, 5) is 23.2. The van der Waals surface area contributed by atoms with Gasteiger partial charge in [-0.1, -0.05) is 0 Å². The molecule has 0 radical (unpaired) electrons. The Balaban J connectivity index is 1.92. The summed E-state index contributed by atoms with van der Waals surface area (Å²) in [6, 6.07) is -1.40. The van der Waals surface area contributed by atoms with Crippen molar-refractivity contribution in [1.82, 2.24) is 16.0 Å². The zero-order valence-corrected chi connectivity index (χ0v) is 11.6. The van der Waals surface area contributed by atoms with E-state index in [2.05, 4.69) is 16.0 Å². The van der Waals surface area contributed by atoms with Crippen molar-refractivity contribution in [2.45, 2.75) is 36.4 Å². The van der Waals surface area contributed by atoms with Gasteiger partial charge in [-0.05, 0) is 19.9 Å². The number of primary amides is 1. The molecule has 0 aromatic heterocycles. The van der Waals surface area contributed by atoms with Gasteiger partial charge >= 0.3 is 0 Å². The van der Waals surface area contributed by atoms with Crippen LogP contribution in [0.2, 0.25) is 0 Å². The van der Waals surface area contributed by atoms with Gasteiger partial charge in [-0.25, -0.2) is 0 Å². The third-order valence-corrected chi connectivity index (χ3v) is 5.00. The fourth-order valence-electron chi connectivity index (χ4n) is 2.38. The fourth-order valence-corrected chi connectivity index (χ4v) is 3.78. The van der Waals surface area contributed by atoms with Crippen molar-refractivity contribution in [2.24, 2.45) is 5.73 Å². The van der Waals surface area contributed by atoms with Crippen molar-refractivity contribution in [1.29, 1.82) is 0 Å². The Morgan fingerprint density at radius 2 is 2.32 bits per heavy atom. The summed E-state index contributed by atoms with van der Waals surface area (Å²) in [5.41, 5.74) is 5.15. The number of nitrogens with two attached hydrogens (primary N) is 1. The molecular weight excluding hydrogens is 268 g/mol. The molecule has 0 aromatic carbocycles. The van der Waals surface area contributed by atoms with Gasteiger partial charge < -0.3 is 21.5 Å². The maximum absolute atomic E-state index is 12.1. The van der Waals surface area contributed by atoms with E-state index in [0.29, 0.717) is 5.75 Å². The van der Waals surface area contributed by atoms with Crippen LogP contribution in [0.25, 0.3) is 0 Å². The standard InChI is InChI=1S/C11H20N4O3S/c1-6(16)8(9(12)17)14-10(18)7-4-19-11(15-7)2-3-13-5-11/h6-8,13,15-16H,2-5H2,1H3,(H2,12,17)(H,14,18)/t6-,7+,8+,11?/m1/s1. The molecule has 2 rings (SSSR count). The number of carbonyl (C=O) groups excluding carboxylic acids is 2. The van der Waals surface area contributed by atoms with E-state index in [9.17, 15) is 14.7 Å². The average molecular weight is 288 g/mol. The second-order valence-electron chi connectivity index (χ2n) is 5.06. The number of hydrogen-bond acceptors (Lipinski definition) is 6. The van der Waals surface area contributed by atoms with Crippen molar-refractivity contribution in [3.05, 3.63) is 0 Å². The molecular formula is C11H20N4O3S. The monoisotopic (exact) mass is 288 g/mol. The van der Waals surface area contributed by atoms with E-state index in [4.69, 9.17) is 5.73 Å². The lowest BCUT2D eigenvalue weighted by Crippen LogP contribution is -2.57. The number of nitrogens with one attached hydrogen (secondary N) is 3. The summed E-state index contributed by atoms with van der Waals surface area (Å²) < 4.78 is 0. The lowest BCUT2D eigenvalue weighted by Gasteiger charge is -2.24. The summed E-state index contributed by atoms with van der Waals surface area (Å²) in [5, 5.41) is 18.5. The van der Waals surface area contributed by atoms with Crippen LogP contribution in [0.4, 0.5) is 0 Å². The predicted molar refractivity (Wildman–Crippen MR) is 72.4 cm³/mol. The van der Waals surface area contributed by atoms with Crippen LogP contribution in [0, 0.1) is 0 Å². The Labute approximate surface area is 116 Å². The second-order valence-corrected chi connectivity index (χ2v) is 6.46. The minimum absolute atomic E-state index is 0.0743. The molecule has 2 aliphatic rings. The van der Waals surface area contributed by atoms with E-state index < -0.39 is 18.1 Å². The van der Waals surface area contributed by atoms with E-state index in [-0.39, 0.29) is 16.8 Å². The number of thioether (sulfide) groups is 1. The molecule has 108 valence electrons. The van der Waals surface area contributed by atoms with Crippen LogP contribution >= 0.6 is 11.8 Å². The van der Waals surface area contributed by atoms with Gasteiger partial charge in [0.15, 0.2) is 0 Å².